The Morgan fingerprint density at radius 1 is 1.32 bits per heavy atom. The molecule has 1 saturated heterocycles. The zero-order chi connectivity index (χ0) is 16.3. The number of piperazine rings is 1. The van der Waals surface area contributed by atoms with Gasteiger partial charge < -0.3 is 5.11 Å². The fraction of sp³-hybridized carbons (Fsp3) is 0.500. The normalized spacial score (nSPS) is 20.9. The lowest BCUT2D eigenvalue weighted by molar-refractivity contribution is -0.145. The number of carboxylic acids is 1. The average molecular weight is 327 g/mol. The molecule has 7 nitrogen and oxygen atoms in total. The van der Waals surface area contributed by atoms with Crippen LogP contribution in [0.2, 0.25) is 0 Å². The molecule has 1 aliphatic heterocycles. The van der Waals surface area contributed by atoms with Crippen molar-refractivity contribution in [2.24, 2.45) is 0 Å². The van der Waals surface area contributed by atoms with Crippen LogP contribution in [0.5, 0.6) is 0 Å². The van der Waals surface area contributed by atoms with E-state index in [-0.39, 0.29) is 4.90 Å². The molecule has 22 heavy (non-hydrogen) atoms. The molecule has 1 aliphatic rings. The topological polar surface area (TPSA) is 90.0 Å². The third-order valence-corrected chi connectivity index (χ3v) is 5.36. The molecular weight excluding hydrogens is 306 g/mol. The Morgan fingerprint density at radius 3 is 2.50 bits per heavy atom. The lowest BCUT2D eigenvalue weighted by Crippen LogP contribution is -2.54. The van der Waals surface area contributed by atoms with Gasteiger partial charge >= 0.3 is 5.97 Å². The molecule has 0 aliphatic carbocycles. The van der Waals surface area contributed by atoms with E-state index in [1.807, 2.05) is 11.9 Å². The van der Waals surface area contributed by atoms with Crippen molar-refractivity contribution in [3.05, 3.63) is 29.8 Å². The van der Waals surface area contributed by atoms with Crippen LogP contribution in [0.1, 0.15) is 5.56 Å². The Balaban J connectivity index is 2.04. The van der Waals surface area contributed by atoms with Crippen LogP contribution in [-0.4, -0.2) is 69.1 Å². The first-order valence-electron chi connectivity index (χ1n) is 7.01. The van der Waals surface area contributed by atoms with Crippen molar-refractivity contribution < 1.29 is 18.3 Å². The molecule has 0 saturated carbocycles. The highest BCUT2D eigenvalue weighted by molar-refractivity contribution is 7.89. The van der Waals surface area contributed by atoms with Crippen LogP contribution in [0.3, 0.4) is 0 Å². The summed E-state index contributed by atoms with van der Waals surface area (Å²) in [7, 11) is -0.236. The van der Waals surface area contributed by atoms with Crippen LogP contribution in [0.15, 0.2) is 29.2 Å². The number of likely N-dealkylation sites (N-methyl/N-ethyl adjacent to an activating group) is 1. The molecule has 1 aromatic rings. The number of sulfonamides is 1. The van der Waals surface area contributed by atoms with Gasteiger partial charge in [0, 0.05) is 26.2 Å². The molecule has 2 N–H and O–H groups in total. The maximum absolute atomic E-state index is 11.7. The zero-order valence-corrected chi connectivity index (χ0v) is 13.5. The maximum Gasteiger partial charge on any atom is 0.322 e. The van der Waals surface area contributed by atoms with E-state index in [1.54, 1.807) is 24.3 Å². The van der Waals surface area contributed by atoms with Gasteiger partial charge in [0.1, 0.15) is 6.04 Å². The van der Waals surface area contributed by atoms with Crippen LogP contribution < -0.4 is 4.72 Å². The first-order chi connectivity index (χ1) is 10.3. The summed E-state index contributed by atoms with van der Waals surface area (Å²) in [6.07, 6.45) is 0. The van der Waals surface area contributed by atoms with Crippen LogP contribution in [0.4, 0.5) is 0 Å². The van der Waals surface area contributed by atoms with E-state index in [2.05, 4.69) is 9.62 Å². The van der Waals surface area contributed by atoms with Crippen molar-refractivity contribution >= 4 is 16.0 Å². The third-order valence-electron chi connectivity index (χ3n) is 3.93. The van der Waals surface area contributed by atoms with Gasteiger partial charge in [-0.05, 0) is 31.8 Å². The van der Waals surface area contributed by atoms with Gasteiger partial charge in [-0.1, -0.05) is 12.1 Å². The molecule has 1 atom stereocenters. The highest BCUT2D eigenvalue weighted by atomic mass is 32.2. The van der Waals surface area contributed by atoms with Gasteiger partial charge in [-0.2, -0.15) is 0 Å². The summed E-state index contributed by atoms with van der Waals surface area (Å²) in [5, 5.41) is 9.20. The lowest BCUT2D eigenvalue weighted by Gasteiger charge is -2.37. The molecule has 0 aromatic heterocycles. The Labute approximate surface area is 130 Å². The summed E-state index contributed by atoms with van der Waals surface area (Å²) in [6.45, 7) is 2.56. The van der Waals surface area contributed by atoms with Crippen molar-refractivity contribution in [2.45, 2.75) is 17.5 Å². The van der Waals surface area contributed by atoms with Crippen LogP contribution in [0.25, 0.3) is 0 Å². The summed E-state index contributed by atoms with van der Waals surface area (Å²) < 4.78 is 25.6. The molecule has 0 spiro atoms. The van der Waals surface area contributed by atoms with E-state index in [1.165, 1.54) is 7.05 Å². The van der Waals surface area contributed by atoms with Gasteiger partial charge in [0.25, 0.3) is 0 Å². The second-order valence-electron chi connectivity index (χ2n) is 5.42. The predicted octanol–water partition coefficient (Wildman–Crippen LogP) is -0.205. The van der Waals surface area contributed by atoms with Crippen LogP contribution >= 0.6 is 0 Å². The summed E-state index contributed by atoms with van der Waals surface area (Å²) in [5.74, 6) is -0.817. The van der Waals surface area contributed by atoms with E-state index < -0.39 is 22.0 Å². The van der Waals surface area contributed by atoms with Crippen molar-refractivity contribution in [2.75, 3.05) is 33.7 Å². The molecule has 0 amide bonds. The highest BCUT2D eigenvalue weighted by Gasteiger charge is 2.29. The van der Waals surface area contributed by atoms with E-state index in [9.17, 15) is 18.3 Å². The number of hydrogen-bond acceptors (Lipinski definition) is 5. The molecular formula is C14H21N3O4S. The second-order valence-corrected chi connectivity index (χ2v) is 7.31. The number of rotatable bonds is 5. The Kier molecular flexibility index (Phi) is 5.17. The molecule has 1 heterocycles. The van der Waals surface area contributed by atoms with Gasteiger partial charge in [0.15, 0.2) is 0 Å². The number of carboxylic acid groups (broad SMARTS) is 1. The Bertz CT molecular complexity index is 630. The number of nitrogens with one attached hydrogen (secondary N) is 1. The molecule has 8 heteroatoms. The maximum atomic E-state index is 11.7. The Morgan fingerprint density at radius 2 is 1.95 bits per heavy atom. The largest absolute Gasteiger partial charge is 0.480 e. The zero-order valence-electron chi connectivity index (χ0n) is 12.7. The van der Waals surface area contributed by atoms with Gasteiger partial charge in [0.2, 0.25) is 10.0 Å². The third kappa shape index (κ3) is 3.83. The number of aliphatic carboxylic acids is 1. The van der Waals surface area contributed by atoms with Crippen LogP contribution in [0, 0.1) is 0 Å². The highest BCUT2D eigenvalue weighted by Crippen LogP contribution is 2.15. The van der Waals surface area contributed by atoms with Gasteiger partial charge in [-0.3, -0.25) is 14.6 Å². The second kappa shape index (κ2) is 6.74. The summed E-state index contributed by atoms with van der Waals surface area (Å²) in [4.78, 5) is 15.3. The van der Waals surface area contributed by atoms with Crippen molar-refractivity contribution in [3.63, 3.8) is 0 Å². The van der Waals surface area contributed by atoms with Gasteiger partial charge in [-0.25, -0.2) is 13.1 Å². The standard InChI is InChI=1S/C14H21N3O4S/c1-15-22(20,21)12-5-3-11(4-6-12)9-17-8-7-16(2)13(10-17)14(18)19/h3-6,13,15H,7-10H2,1-2H3,(H,18,19). The van der Waals surface area contributed by atoms with E-state index >= 15 is 0 Å². The molecule has 1 fully saturated rings. The summed E-state index contributed by atoms with van der Waals surface area (Å²) in [5.41, 5.74) is 0.962. The fourth-order valence-electron chi connectivity index (χ4n) is 2.49. The summed E-state index contributed by atoms with van der Waals surface area (Å²) >= 11 is 0. The SMILES string of the molecule is CNS(=O)(=O)c1ccc(CN2CCN(C)C(C(=O)O)C2)cc1. The first kappa shape index (κ1) is 16.9. The fourth-order valence-corrected chi connectivity index (χ4v) is 3.22. The lowest BCUT2D eigenvalue weighted by atomic mass is 10.1. The monoisotopic (exact) mass is 327 g/mol. The van der Waals surface area contributed by atoms with Crippen molar-refractivity contribution in [1.29, 1.82) is 0 Å². The molecule has 2 rings (SSSR count). The number of hydrogen-bond donors (Lipinski definition) is 2. The van der Waals surface area contributed by atoms with E-state index in [0.717, 1.165) is 12.1 Å². The number of benzene rings is 1. The van der Waals surface area contributed by atoms with Crippen LogP contribution in [-0.2, 0) is 21.4 Å². The number of nitrogens with zero attached hydrogens (tertiary/aromatic N) is 2. The molecule has 1 unspecified atom stereocenters. The van der Waals surface area contributed by atoms with Crippen molar-refractivity contribution in [3.8, 4) is 0 Å². The first-order valence-corrected chi connectivity index (χ1v) is 8.49. The Hall–Kier alpha value is -1.48. The van der Waals surface area contributed by atoms with Crippen molar-refractivity contribution in [1.82, 2.24) is 14.5 Å². The summed E-state index contributed by atoms with van der Waals surface area (Å²) in [6, 6.07) is 6.15. The minimum Gasteiger partial charge on any atom is -0.480 e. The minimum atomic E-state index is -3.42. The quantitative estimate of drug-likeness (QED) is 0.778. The van der Waals surface area contributed by atoms with E-state index in [0.29, 0.717) is 19.6 Å². The van der Waals surface area contributed by atoms with Gasteiger partial charge in [-0.15, -0.1) is 0 Å². The van der Waals surface area contributed by atoms with E-state index in [4.69, 9.17) is 0 Å². The number of carbonyl (C=O) groups is 1. The smallest absolute Gasteiger partial charge is 0.322 e. The average Bonchev–Trinajstić information content (AvgIpc) is 2.49. The molecule has 0 bridgehead atoms. The molecule has 0 radical (unpaired) electrons. The predicted molar refractivity (Wildman–Crippen MR) is 82.0 cm³/mol. The molecule has 122 valence electrons. The molecule has 1 aromatic carbocycles. The minimum absolute atomic E-state index is 0.223. The van der Waals surface area contributed by atoms with Gasteiger partial charge in [0.05, 0.1) is 4.90 Å².